The van der Waals surface area contributed by atoms with E-state index in [0.717, 1.165) is 34.0 Å². The lowest BCUT2D eigenvalue weighted by molar-refractivity contribution is 0.0495. The largest absolute Gasteiger partial charge is 0.465 e. The van der Waals surface area contributed by atoms with Gasteiger partial charge in [-0.05, 0) is 68.7 Å². The first-order valence-electron chi connectivity index (χ1n) is 12.4. The third-order valence-corrected chi connectivity index (χ3v) is 5.84. The minimum atomic E-state index is -0.289. The van der Waals surface area contributed by atoms with Gasteiger partial charge in [0.05, 0.1) is 11.4 Å². The summed E-state index contributed by atoms with van der Waals surface area (Å²) in [5, 5.41) is 0. The first-order valence-corrected chi connectivity index (χ1v) is 12.4. The van der Waals surface area contributed by atoms with Gasteiger partial charge in [-0.15, -0.1) is 0 Å². The molecule has 35 heavy (non-hydrogen) atoms. The molecule has 0 aliphatic heterocycles. The molecule has 0 spiro atoms. The molecular weight excluding hydrogens is 438 g/mol. The monoisotopic (exact) mass is 485 g/mol. The van der Waals surface area contributed by atoms with Crippen LogP contribution in [0, 0.1) is 13.8 Å². The van der Waals surface area contributed by atoms with Crippen molar-refractivity contribution in [2.45, 2.75) is 92.5 Å². The van der Waals surface area contributed by atoms with Crippen molar-refractivity contribution in [3.05, 3.63) is 46.5 Å². The van der Waals surface area contributed by atoms with Crippen LogP contribution < -0.4 is 14.4 Å². The lowest BCUT2D eigenvalue weighted by Crippen LogP contribution is -2.39. The highest BCUT2D eigenvalue weighted by atomic mass is 16.7. The summed E-state index contributed by atoms with van der Waals surface area (Å²) in [6, 6.07) is 8.83. The fraction of sp³-hybridized carbons (Fsp3) is 0.600. The lowest BCUT2D eigenvalue weighted by atomic mass is 9.83. The van der Waals surface area contributed by atoms with Crippen LogP contribution in [0.3, 0.4) is 0 Å². The van der Waals surface area contributed by atoms with Gasteiger partial charge in [-0.3, -0.25) is 0 Å². The molecular formula is C30H47NO4. The molecule has 5 heteroatoms. The number of aryl methyl sites for hydroxylation is 2. The minimum absolute atomic E-state index is 0.119. The molecule has 0 N–H and O–H groups in total. The lowest BCUT2D eigenvalue weighted by Gasteiger charge is -2.41. The molecule has 0 saturated carbocycles. The number of rotatable bonds is 8. The van der Waals surface area contributed by atoms with Crippen molar-refractivity contribution < 1.29 is 18.9 Å². The summed E-state index contributed by atoms with van der Waals surface area (Å²) in [6.07, 6.45) is 0. The van der Waals surface area contributed by atoms with Crippen LogP contribution in [0.1, 0.15) is 84.6 Å². The van der Waals surface area contributed by atoms with Crippen molar-refractivity contribution >= 4 is 11.4 Å². The van der Waals surface area contributed by atoms with Gasteiger partial charge in [0, 0.05) is 30.9 Å². The third-order valence-electron chi connectivity index (χ3n) is 5.84. The van der Waals surface area contributed by atoms with E-state index in [9.17, 15) is 0 Å². The Morgan fingerprint density at radius 1 is 0.600 bits per heavy atom. The van der Waals surface area contributed by atoms with Gasteiger partial charge in [0.2, 0.25) is 0 Å². The molecule has 0 aliphatic rings. The zero-order valence-corrected chi connectivity index (χ0v) is 24.3. The number of ether oxygens (including phenoxy) is 4. The maximum Gasteiger partial charge on any atom is 0.188 e. The van der Waals surface area contributed by atoms with E-state index in [0.29, 0.717) is 0 Å². The smallest absolute Gasteiger partial charge is 0.188 e. The third kappa shape index (κ3) is 6.92. The molecule has 0 unspecified atom stereocenters. The summed E-state index contributed by atoms with van der Waals surface area (Å²) in [5.41, 5.74) is 6.09. The van der Waals surface area contributed by atoms with Crippen LogP contribution >= 0.6 is 0 Å². The first kappa shape index (κ1) is 29.0. The second kappa shape index (κ2) is 10.8. The molecule has 0 radical (unpaired) electrons. The van der Waals surface area contributed by atoms with Crippen molar-refractivity contribution in [3.8, 4) is 11.5 Å². The molecule has 0 aliphatic carbocycles. The average Bonchev–Trinajstić information content (AvgIpc) is 2.69. The second-order valence-electron chi connectivity index (χ2n) is 12.4. The number of hydrogen-bond donors (Lipinski definition) is 0. The Morgan fingerprint density at radius 2 is 0.943 bits per heavy atom. The first-order chi connectivity index (χ1) is 16.0. The quantitative estimate of drug-likeness (QED) is 0.357. The highest BCUT2D eigenvalue weighted by Gasteiger charge is 2.34. The molecule has 2 aromatic rings. The van der Waals surface area contributed by atoms with Crippen LogP contribution in [0.4, 0.5) is 11.4 Å². The van der Waals surface area contributed by atoms with Gasteiger partial charge >= 0.3 is 0 Å². The van der Waals surface area contributed by atoms with Crippen molar-refractivity contribution in [2.75, 3.05) is 32.7 Å². The number of anilines is 2. The standard InChI is InChI=1S/C30H47NO4/c1-20-14-22(28(3,4)5)26(34-18-32-12)24(16-20)31(30(9,10)11)25-17-21(2)15-23(29(6,7)8)27(25)35-19-33-13/h14-17H,18-19H2,1-13H3. The minimum Gasteiger partial charge on any atom is -0.465 e. The van der Waals surface area contributed by atoms with Crippen molar-refractivity contribution in [1.82, 2.24) is 0 Å². The summed E-state index contributed by atoms with van der Waals surface area (Å²) < 4.78 is 23.3. The van der Waals surface area contributed by atoms with E-state index in [1.165, 1.54) is 11.1 Å². The van der Waals surface area contributed by atoms with Gasteiger partial charge in [-0.2, -0.15) is 0 Å². The summed E-state index contributed by atoms with van der Waals surface area (Å²) >= 11 is 0. The molecule has 0 heterocycles. The van der Waals surface area contributed by atoms with Crippen molar-refractivity contribution in [3.63, 3.8) is 0 Å². The van der Waals surface area contributed by atoms with Gasteiger partial charge < -0.3 is 23.8 Å². The summed E-state index contributed by atoms with van der Waals surface area (Å²) in [7, 11) is 3.30. The molecule has 196 valence electrons. The van der Waals surface area contributed by atoms with Crippen LogP contribution in [0.2, 0.25) is 0 Å². The molecule has 2 aromatic carbocycles. The Labute approximate surface area is 213 Å². The van der Waals surface area contributed by atoms with Gasteiger partial charge in [-0.25, -0.2) is 0 Å². The number of hydrogen-bond acceptors (Lipinski definition) is 5. The molecule has 0 amide bonds. The zero-order chi connectivity index (χ0) is 26.8. The zero-order valence-electron chi connectivity index (χ0n) is 24.3. The topological polar surface area (TPSA) is 40.2 Å². The van der Waals surface area contributed by atoms with E-state index < -0.39 is 0 Å². The van der Waals surface area contributed by atoms with Crippen LogP contribution in [0.15, 0.2) is 24.3 Å². The van der Waals surface area contributed by atoms with Crippen LogP contribution in [0.5, 0.6) is 11.5 Å². The van der Waals surface area contributed by atoms with Gasteiger partial charge in [-0.1, -0.05) is 53.7 Å². The van der Waals surface area contributed by atoms with Crippen LogP contribution in [0.25, 0.3) is 0 Å². The van der Waals surface area contributed by atoms with Crippen LogP contribution in [-0.2, 0) is 20.3 Å². The molecule has 0 atom stereocenters. The van der Waals surface area contributed by atoms with Crippen LogP contribution in [-0.4, -0.2) is 33.3 Å². The van der Waals surface area contributed by atoms with Gasteiger partial charge in [0.15, 0.2) is 13.6 Å². The Balaban J connectivity index is 3.02. The predicted molar refractivity (Wildman–Crippen MR) is 147 cm³/mol. The molecule has 2 rings (SSSR count). The Morgan fingerprint density at radius 3 is 1.20 bits per heavy atom. The molecule has 0 fully saturated rings. The summed E-state index contributed by atoms with van der Waals surface area (Å²) in [5.74, 6) is 1.66. The Hall–Kier alpha value is -2.24. The van der Waals surface area contributed by atoms with E-state index >= 15 is 0 Å². The number of benzene rings is 2. The molecule has 0 bridgehead atoms. The van der Waals surface area contributed by atoms with Crippen molar-refractivity contribution in [1.29, 1.82) is 0 Å². The number of nitrogens with zero attached hydrogens (tertiary/aromatic N) is 1. The molecule has 0 saturated heterocycles. The fourth-order valence-electron chi connectivity index (χ4n) is 4.35. The molecule has 0 aromatic heterocycles. The Bertz CT molecular complexity index is 931. The highest BCUT2D eigenvalue weighted by molar-refractivity contribution is 5.79. The number of methoxy groups -OCH3 is 2. The summed E-state index contributed by atoms with van der Waals surface area (Å²) in [4.78, 5) is 2.34. The predicted octanol–water partition coefficient (Wildman–Crippen LogP) is 7.80. The maximum absolute atomic E-state index is 6.32. The Kier molecular flexibility index (Phi) is 8.94. The highest BCUT2D eigenvalue weighted by Crippen LogP contribution is 2.50. The van der Waals surface area contributed by atoms with E-state index in [2.05, 4.69) is 105 Å². The van der Waals surface area contributed by atoms with E-state index in [1.54, 1.807) is 14.2 Å². The van der Waals surface area contributed by atoms with Gasteiger partial charge in [0.1, 0.15) is 11.5 Å². The van der Waals surface area contributed by atoms with E-state index in [-0.39, 0.29) is 30.0 Å². The average molecular weight is 486 g/mol. The normalized spacial score (nSPS) is 12.6. The SMILES string of the molecule is COCOc1c(N(c2cc(C)cc(C(C)(C)C)c2OCOC)C(C)(C)C)cc(C)cc1C(C)(C)C. The summed E-state index contributed by atoms with van der Waals surface area (Å²) in [6.45, 7) is 24.5. The van der Waals surface area contributed by atoms with E-state index in [1.807, 2.05) is 0 Å². The van der Waals surface area contributed by atoms with E-state index in [4.69, 9.17) is 18.9 Å². The van der Waals surface area contributed by atoms with Gasteiger partial charge in [0.25, 0.3) is 0 Å². The molecule has 5 nitrogen and oxygen atoms in total. The second-order valence-corrected chi connectivity index (χ2v) is 12.4. The fourth-order valence-corrected chi connectivity index (χ4v) is 4.35. The van der Waals surface area contributed by atoms with Crippen molar-refractivity contribution in [2.24, 2.45) is 0 Å². The maximum atomic E-state index is 6.32.